The molecule has 2 atom stereocenters. The summed E-state index contributed by atoms with van der Waals surface area (Å²) in [7, 11) is -3.50. The molecule has 2 unspecified atom stereocenters. The Morgan fingerprint density at radius 1 is 1.18 bits per heavy atom. The Morgan fingerprint density at radius 3 is 2.50 bits per heavy atom. The Balaban J connectivity index is 1.94. The van der Waals surface area contributed by atoms with Crippen molar-refractivity contribution >= 4 is 21.7 Å². The van der Waals surface area contributed by atoms with E-state index in [9.17, 15) is 18.0 Å². The molecule has 1 saturated heterocycles. The van der Waals surface area contributed by atoms with Gasteiger partial charge in [-0.2, -0.15) is 0 Å². The van der Waals surface area contributed by atoms with Gasteiger partial charge in [0.05, 0.1) is 16.6 Å². The van der Waals surface area contributed by atoms with Crippen LogP contribution in [0.2, 0.25) is 0 Å². The SMILES string of the molecule is CCCCNC(=O)C1CCC(C)N(C(=O)CCS(=O)(=O)c2ccc(C)cc2)C1. The van der Waals surface area contributed by atoms with Gasteiger partial charge in [0.1, 0.15) is 0 Å². The Morgan fingerprint density at radius 2 is 1.86 bits per heavy atom. The fraction of sp³-hybridized carbons (Fsp3) is 0.619. The zero-order valence-electron chi connectivity index (χ0n) is 17.1. The van der Waals surface area contributed by atoms with Gasteiger partial charge in [0.25, 0.3) is 0 Å². The summed E-state index contributed by atoms with van der Waals surface area (Å²) in [5, 5.41) is 2.94. The molecular formula is C21H32N2O4S. The Bertz CT molecular complexity index is 774. The van der Waals surface area contributed by atoms with Crippen molar-refractivity contribution in [3.8, 4) is 0 Å². The lowest BCUT2D eigenvalue weighted by Crippen LogP contribution is -2.49. The molecule has 1 aromatic rings. The number of hydrogen-bond acceptors (Lipinski definition) is 4. The van der Waals surface area contributed by atoms with Crippen LogP contribution in [0, 0.1) is 12.8 Å². The van der Waals surface area contributed by atoms with Crippen molar-refractivity contribution in [2.45, 2.75) is 63.8 Å². The second kappa shape index (κ2) is 10.0. The van der Waals surface area contributed by atoms with Gasteiger partial charge in [0.15, 0.2) is 9.84 Å². The van der Waals surface area contributed by atoms with Crippen molar-refractivity contribution in [1.82, 2.24) is 10.2 Å². The topological polar surface area (TPSA) is 83.6 Å². The monoisotopic (exact) mass is 408 g/mol. The van der Waals surface area contributed by atoms with E-state index in [0.717, 1.165) is 31.2 Å². The minimum absolute atomic E-state index is 0.00886. The maximum atomic E-state index is 12.7. The third-order valence-corrected chi connectivity index (χ3v) is 7.10. The highest BCUT2D eigenvalue weighted by molar-refractivity contribution is 7.91. The number of benzene rings is 1. The molecule has 6 nitrogen and oxygen atoms in total. The van der Waals surface area contributed by atoms with E-state index in [-0.39, 0.29) is 40.8 Å². The Hall–Kier alpha value is -1.89. The van der Waals surface area contributed by atoms with Crippen molar-refractivity contribution in [3.05, 3.63) is 29.8 Å². The number of hydrogen-bond donors (Lipinski definition) is 1. The summed E-state index contributed by atoms with van der Waals surface area (Å²) in [4.78, 5) is 27.0. The van der Waals surface area contributed by atoms with Crippen LogP contribution in [0.3, 0.4) is 0 Å². The molecule has 1 N–H and O–H groups in total. The summed E-state index contributed by atoms with van der Waals surface area (Å²) in [6, 6.07) is 6.69. The van der Waals surface area contributed by atoms with Gasteiger partial charge in [-0.05, 0) is 45.2 Å². The number of nitrogens with one attached hydrogen (secondary N) is 1. The number of amides is 2. The predicted octanol–water partition coefficient (Wildman–Crippen LogP) is 2.70. The second-order valence-electron chi connectivity index (χ2n) is 7.70. The molecule has 7 heteroatoms. The molecule has 1 aromatic carbocycles. The van der Waals surface area contributed by atoms with E-state index in [1.54, 1.807) is 29.2 Å². The van der Waals surface area contributed by atoms with Crippen LogP contribution in [0.25, 0.3) is 0 Å². The van der Waals surface area contributed by atoms with Crippen LogP contribution in [0.15, 0.2) is 29.2 Å². The number of carbonyl (C=O) groups is 2. The lowest BCUT2D eigenvalue weighted by atomic mass is 9.92. The predicted molar refractivity (Wildman–Crippen MR) is 110 cm³/mol. The number of sulfone groups is 1. The summed E-state index contributed by atoms with van der Waals surface area (Å²) in [5.41, 5.74) is 0.987. The van der Waals surface area contributed by atoms with E-state index in [1.165, 1.54) is 0 Å². The molecule has 0 spiro atoms. The van der Waals surface area contributed by atoms with E-state index in [2.05, 4.69) is 12.2 Å². The van der Waals surface area contributed by atoms with Gasteiger partial charge < -0.3 is 10.2 Å². The van der Waals surface area contributed by atoms with Crippen molar-refractivity contribution < 1.29 is 18.0 Å². The van der Waals surface area contributed by atoms with Crippen molar-refractivity contribution in [2.75, 3.05) is 18.8 Å². The normalized spacial score (nSPS) is 20.0. The van der Waals surface area contributed by atoms with E-state index in [0.29, 0.717) is 13.1 Å². The molecule has 0 radical (unpaired) electrons. The zero-order valence-corrected chi connectivity index (χ0v) is 17.9. The Labute approximate surface area is 168 Å². The van der Waals surface area contributed by atoms with Gasteiger partial charge in [0.2, 0.25) is 11.8 Å². The average molecular weight is 409 g/mol. The summed E-state index contributed by atoms with van der Waals surface area (Å²) >= 11 is 0. The number of piperidine rings is 1. The van der Waals surface area contributed by atoms with Gasteiger partial charge >= 0.3 is 0 Å². The number of carbonyl (C=O) groups excluding carboxylic acids is 2. The lowest BCUT2D eigenvalue weighted by Gasteiger charge is -2.37. The highest BCUT2D eigenvalue weighted by Gasteiger charge is 2.32. The molecule has 1 fully saturated rings. The summed E-state index contributed by atoms with van der Waals surface area (Å²) in [6.45, 7) is 6.94. The highest BCUT2D eigenvalue weighted by atomic mass is 32.2. The molecule has 1 aliphatic heterocycles. The van der Waals surface area contributed by atoms with Gasteiger partial charge in [-0.1, -0.05) is 31.0 Å². The number of likely N-dealkylation sites (tertiary alicyclic amines) is 1. The van der Waals surface area contributed by atoms with E-state index in [1.807, 2.05) is 13.8 Å². The summed E-state index contributed by atoms with van der Waals surface area (Å²) in [5.74, 6) is -0.642. The van der Waals surface area contributed by atoms with E-state index >= 15 is 0 Å². The lowest BCUT2D eigenvalue weighted by molar-refractivity contribution is -0.138. The summed E-state index contributed by atoms with van der Waals surface area (Å²) < 4.78 is 25.0. The third-order valence-electron chi connectivity index (χ3n) is 5.37. The minimum Gasteiger partial charge on any atom is -0.356 e. The molecule has 2 amide bonds. The molecule has 0 saturated carbocycles. The van der Waals surface area contributed by atoms with Gasteiger partial charge in [-0.3, -0.25) is 9.59 Å². The van der Waals surface area contributed by atoms with Crippen LogP contribution in [0.4, 0.5) is 0 Å². The number of rotatable bonds is 8. The molecule has 0 bridgehead atoms. The third kappa shape index (κ3) is 6.06. The first-order valence-electron chi connectivity index (χ1n) is 10.1. The van der Waals surface area contributed by atoms with Crippen molar-refractivity contribution in [1.29, 1.82) is 0 Å². The quantitative estimate of drug-likeness (QED) is 0.671. The van der Waals surface area contributed by atoms with Crippen molar-refractivity contribution in [2.24, 2.45) is 5.92 Å². The van der Waals surface area contributed by atoms with Gasteiger partial charge in [0, 0.05) is 25.6 Å². The molecule has 28 heavy (non-hydrogen) atoms. The van der Waals surface area contributed by atoms with E-state index in [4.69, 9.17) is 0 Å². The van der Waals surface area contributed by atoms with Crippen LogP contribution in [0.1, 0.15) is 51.5 Å². The first kappa shape index (κ1) is 22.4. The molecule has 156 valence electrons. The fourth-order valence-electron chi connectivity index (χ4n) is 3.43. The average Bonchev–Trinajstić information content (AvgIpc) is 2.67. The number of unbranched alkanes of at least 4 members (excludes halogenated alkanes) is 1. The zero-order chi connectivity index (χ0) is 20.7. The van der Waals surface area contributed by atoms with E-state index < -0.39 is 9.84 Å². The van der Waals surface area contributed by atoms with Crippen LogP contribution < -0.4 is 5.32 Å². The van der Waals surface area contributed by atoms with Crippen molar-refractivity contribution in [3.63, 3.8) is 0 Å². The molecule has 1 aliphatic rings. The Kier molecular flexibility index (Phi) is 8.04. The fourth-order valence-corrected chi connectivity index (χ4v) is 4.66. The smallest absolute Gasteiger partial charge is 0.224 e. The molecule has 0 aromatic heterocycles. The number of nitrogens with zero attached hydrogens (tertiary/aromatic N) is 1. The first-order valence-corrected chi connectivity index (χ1v) is 11.8. The number of aryl methyl sites for hydroxylation is 1. The van der Waals surface area contributed by atoms with Crippen LogP contribution in [0.5, 0.6) is 0 Å². The summed E-state index contributed by atoms with van der Waals surface area (Å²) in [6.07, 6.45) is 3.40. The second-order valence-corrected chi connectivity index (χ2v) is 9.81. The standard InChI is InChI=1S/C21H32N2O4S/c1-4-5-13-22-21(25)18-9-8-17(3)23(15-18)20(24)12-14-28(26,27)19-10-6-16(2)7-11-19/h6-7,10-11,17-18H,4-5,8-9,12-15H2,1-3H3,(H,22,25). The van der Waals surface area contributed by atoms with Crippen LogP contribution in [-0.4, -0.2) is 50.0 Å². The minimum atomic E-state index is -3.50. The molecule has 1 heterocycles. The molecule has 0 aliphatic carbocycles. The first-order chi connectivity index (χ1) is 13.2. The molecular weight excluding hydrogens is 376 g/mol. The van der Waals surface area contributed by atoms with Crippen LogP contribution in [-0.2, 0) is 19.4 Å². The maximum absolute atomic E-state index is 12.7. The van der Waals surface area contributed by atoms with Crippen LogP contribution >= 0.6 is 0 Å². The maximum Gasteiger partial charge on any atom is 0.224 e. The largest absolute Gasteiger partial charge is 0.356 e. The highest BCUT2D eigenvalue weighted by Crippen LogP contribution is 2.23. The van der Waals surface area contributed by atoms with Gasteiger partial charge in [-0.25, -0.2) is 8.42 Å². The van der Waals surface area contributed by atoms with Gasteiger partial charge in [-0.15, -0.1) is 0 Å². The molecule has 2 rings (SSSR count).